The van der Waals surface area contributed by atoms with Gasteiger partial charge in [-0.2, -0.15) is 0 Å². The first-order valence-corrected chi connectivity index (χ1v) is 8.73. The number of hydrogen-bond acceptors (Lipinski definition) is 6. The van der Waals surface area contributed by atoms with Gasteiger partial charge in [-0.1, -0.05) is 6.07 Å². The molecule has 1 amide bonds. The molecule has 0 spiro atoms. The van der Waals surface area contributed by atoms with Crippen molar-refractivity contribution in [3.63, 3.8) is 0 Å². The van der Waals surface area contributed by atoms with Crippen molar-refractivity contribution in [2.24, 2.45) is 0 Å². The average Bonchev–Trinajstić information content (AvgIpc) is 2.68. The van der Waals surface area contributed by atoms with E-state index in [2.05, 4.69) is 9.97 Å². The van der Waals surface area contributed by atoms with Crippen LogP contribution in [0.25, 0.3) is 0 Å². The molecule has 1 atom stereocenters. The molecule has 1 saturated heterocycles. The van der Waals surface area contributed by atoms with Crippen LogP contribution in [0.5, 0.6) is 5.88 Å². The van der Waals surface area contributed by atoms with Gasteiger partial charge in [0, 0.05) is 26.8 Å². The molecule has 138 valence electrons. The Balaban J connectivity index is 1.78. The number of carbonyl (C=O) groups is 1. The van der Waals surface area contributed by atoms with Gasteiger partial charge in [0.2, 0.25) is 5.88 Å². The van der Waals surface area contributed by atoms with E-state index in [4.69, 9.17) is 9.47 Å². The van der Waals surface area contributed by atoms with Crippen LogP contribution >= 0.6 is 0 Å². The standard InChI is InChI=1S/C19H24N4O3/c1-4-25-18-14(7-6-10-20-18)19(24)23-11-12-26-16(13-23)15-8-5-9-17(21-15)22(2)3/h5-10,16H,4,11-13H2,1-3H3/t16-/m1/s1. The van der Waals surface area contributed by atoms with Gasteiger partial charge < -0.3 is 19.3 Å². The number of ether oxygens (including phenoxy) is 2. The largest absolute Gasteiger partial charge is 0.477 e. The Morgan fingerprint density at radius 1 is 1.35 bits per heavy atom. The maximum atomic E-state index is 13.0. The van der Waals surface area contributed by atoms with Crippen LogP contribution in [0.2, 0.25) is 0 Å². The van der Waals surface area contributed by atoms with Crippen molar-refractivity contribution in [1.29, 1.82) is 0 Å². The summed E-state index contributed by atoms with van der Waals surface area (Å²) >= 11 is 0. The molecule has 0 unspecified atom stereocenters. The number of aromatic nitrogens is 2. The Morgan fingerprint density at radius 2 is 2.19 bits per heavy atom. The molecule has 0 saturated carbocycles. The van der Waals surface area contributed by atoms with E-state index in [1.54, 1.807) is 23.2 Å². The fourth-order valence-electron chi connectivity index (χ4n) is 2.86. The average molecular weight is 356 g/mol. The van der Waals surface area contributed by atoms with E-state index in [1.807, 2.05) is 44.1 Å². The van der Waals surface area contributed by atoms with Crippen LogP contribution in [-0.2, 0) is 4.74 Å². The zero-order valence-corrected chi connectivity index (χ0v) is 15.4. The number of amides is 1. The molecule has 0 N–H and O–H groups in total. The second kappa shape index (κ2) is 8.14. The van der Waals surface area contributed by atoms with Crippen LogP contribution in [0.15, 0.2) is 36.5 Å². The van der Waals surface area contributed by atoms with Gasteiger partial charge in [-0.15, -0.1) is 0 Å². The number of morpholine rings is 1. The van der Waals surface area contributed by atoms with E-state index in [-0.39, 0.29) is 12.0 Å². The number of rotatable bonds is 5. The quantitative estimate of drug-likeness (QED) is 0.818. The summed E-state index contributed by atoms with van der Waals surface area (Å²) in [4.78, 5) is 25.5. The Morgan fingerprint density at radius 3 is 2.96 bits per heavy atom. The fourth-order valence-corrected chi connectivity index (χ4v) is 2.86. The van der Waals surface area contributed by atoms with Crippen molar-refractivity contribution in [3.05, 3.63) is 47.8 Å². The van der Waals surface area contributed by atoms with E-state index >= 15 is 0 Å². The van der Waals surface area contributed by atoms with Crippen LogP contribution < -0.4 is 9.64 Å². The zero-order chi connectivity index (χ0) is 18.5. The predicted molar refractivity (Wildman–Crippen MR) is 98.6 cm³/mol. The number of hydrogen-bond donors (Lipinski definition) is 0. The molecular formula is C19H24N4O3. The third kappa shape index (κ3) is 3.94. The maximum Gasteiger partial charge on any atom is 0.259 e. The molecule has 7 heteroatoms. The number of anilines is 1. The molecule has 2 aromatic heterocycles. The van der Waals surface area contributed by atoms with Crippen molar-refractivity contribution in [2.45, 2.75) is 13.0 Å². The van der Waals surface area contributed by atoms with Crippen LogP contribution in [0.4, 0.5) is 5.82 Å². The molecule has 0 radical (unpaired) electrons. The van der Waals surface area contributed by atoms with E-state index in [0.29, 0.717) is 37.7 Å². The minimum Gasteiger partial charge on any atom is -0.477 e. The highest BCUT2D eigenvalue weighted by Gasteiger charge is 2.29. The fraction of sp³-hybridized carbons (Fsp3) is 0.421. The van der Waals surface area contributed by atoms with Crippen molar-refractivity contribution in [1.82, 2.24) is 14.9 Å². The summed E-state index contributed by atoms with van der Waals surface area (Å²) in [5.74, 6) is 1.13. The summed E-state index contributed by atoms with van der Waals surface area (Å²) in [5.41, 5.74) is 1.30. The summed E-state index contributed by atoms with van der Waals surface area (Å²) in [6.07, 6.45) is 1.38. The zero-order valence-electron chi connectivity index (χ0n) is 15.4. The van der Waals surface area contributed by atoms with Crippen molar-refractivity contribution >= 4 is 11.7 Å². The normalized spacial score (nSPS) is 17.0. The van der Waals surface area contributed by atoms with Gasteiger partial charge in [0.05, 0.1) is 25.5 Å². The van der Waals surface area contributed by atoms with Gasteiger partial charge >= 0.3 is 0 Å². The molecule has 0 bridgehead atoms. The Hall–Kier alpha value is -2.67. The Kier molecular flexibility index (Phi) is 5.68. The third-order valence-corrected chi connectivity index (χ3v) is 4.18. The van der Waals surface area contributed by atoms with Crippen molar-refractivity contribution in [2.75, 3.05) is 45.3 Å². The highest BCUT2D eigenvalue weighted by molar-refractivity contribution is 5.96. The summed E-state index contributed by atoms with van der Waals surface area (Å²) in [5, 5.41) is 0. The summed E-state index contributed by atoms with van der Waals surface area (Å²) in [6, 6.07) is 9.32. The SMILES string of the molecule is CCOc1ncccc1C(=O)N1CCO[C@@H](c2cccc(N(C)C)n2)C1. The first-order chi connectivity index (χ1) is 12.6. The molecule has 2 aromatic rings. The van der Waals surface area contributed by atoms with E-state index in [1.165, 1.54) is 0 Å². The summed E-state index contributed by atoms with van der Waals surface area (Å²) in [6.45, 7) is 3.78. The van der Waals surface area contributed by atoms with E-state index in [0.717, 1.165) is 11.5 Å². The lowest BCUT2D eigenvalue weighted by Crippen LogP contribution is -2.42. The highest BCUT2D eigenvalue weighted by Crippen LogP contribution is 2.25. The van der Waals surface area contributed by atoms with Crippen LogP contribution in [0.1, 0.15) is 29.1 Å². The van der Waals surface area contributed by atoms with Gasteiger partial charge in [0.15, 0.2) is 0 Å². The first-order valence-electron chi connectivity index (χ1n) is 8.73. The second-order valence-corrected chi connectivity index (χ2v) is 6.21. The van der Waals surface area contributed by atoms with Gasteiger partial charge in [-0.25, -0.2) is 9.97 Å². The molecule has 3 heterocycles. The second-order valence-electron chi connectivity index (χ2n) is 6.21. The molecule has 1 aliphatic rings. The number of carbonyl (C=O) groups excluding carboxylic acids is 1. The molecule has 1 fully saturated rings. The number of pyridine rings is 2. The first kappa shape index (κ1) is 18.1. The summed E-state index contributed by atoms with van der Waals surface area (Å²) in [7, 11) is 3.89. The maximum absolute atomic E-state index is 13.0. The van der Waals surface area contributed by atoms with Gasteiger partial charge in [0.25, 0.3) is 5.91 Å². The number of nitrogens with zero attached hydrogens (tertiary/aromatic N) is 4. The molecule has 3 rings (SSSR count). The minimum absolute atomic E-state index is 0.0985. The lowest BCUT2D eigenvalue weighted by molar-refractivity contribution is -0.0248. The van der Waals surface area contributed by atoms with Crippen LogP contribution in [-0.4, -0.2) is 61.2 Å². The topological polar surface area (TPSA) is 67.8 Å². The highest BCUT2D eigenvalue weighted by atomic mass is 16.5. The molecule has 7 nitrogen and oxygen atoms in total. The third-order valence-electron chi connectivity index (χ3n) is 4.18. The lowest BCUT2D eigenvalue weighted by atomic mass is 10.1. The van der Waals surface area contributed by atoms with E-state index in [9.17, 15) is 4.79 Å². The Bertz CT molecular complexity index is 766. The molecule has 1 aliphatic heterocycles. The Labute approximate surface area is 153 Å². The minimum atomic E-state index is -0.250. The lowest BCUT2D eigenvalue weighted by Gasteiger charge is -2.33. The van der Waals surface area contributed by atoms with Crippen LogP contribution in [0, 0.1) is 0 Å². The predicted octanol–water partition coefficient (Wildman–Crippen LogP) is 2.16. The van der Waals surface area contributed by atoms with Crippen molar-refractivity contribution < 1.29 is 14.3 Å². The molecule has 0 aromatic carbocycles. The van der Waals surface area contributed by atoms with E-state index < -0.39 is 0 Å². The van der Waals surface area contributed by atoms with Crippen molar-refractivity contribution in [3.8, 4) is 5.88 Å². The van der Waals surface area contributed by atoms with Gasteiger partial charge in [-0.05, 0) is 31.2 Å². The van der Waals surface area contributed by atoms with Gasteiger partial charge in [-0.3, -0.25) is 4.79 Å². The van der Waals surface area contributed by atoms with Crippen LogP contribution in [0.3, 0.4) is 0 Å². The molecule has 0 aliphatic carbocycles. The molecule has 26 heavy (non-hydrogen) atoms. The summed E-state index contributed by atoms with van der Waals surface area (Å²) < 4.78 is 11.4. The monoisotopic (exact) mass is 356 g/mol. The molecular weight excluding hydrogens is 332 g/mol. The smallest absolute Gasteiger partial charge is 0.259 e. The van der Waals surface area contributed by atoms with Gasteiger partial charge in [0.1, 0.15) is 17.5 Å².